The van der Waals surface area contributed by atoms with Crippen molar-refractivity contribution in [1.82, 2.24) is 4.57 Å². The maximum atomic E-state index is 9.72. The second-order valence-electron chi connectivity index (χ2n) is 14.4. The van der Waals surface area contributed by atoms with Crippen LogP contribution in [0, 0.1) is 0 Å². The molecule has 0 aliphatic heterocycles. The maximum Gasteiger partial charge on any atom is 0.0645 e. The Labute approximate surface area is 386 Å². The predicted molar refractivity (Wildman–Crippen MR) is 263 cm³/mol. The SMILES string of the molecule is [2H]c1c([2H])c([2H])c(-c2c([2H])c([2H])c([2H])c(-c3c([2H])c([2H])c(N(c4ccc(-c5ccccc5)cc4)c4c([2H])c([2H])c(-c5ccc6c(c5)c5ccccc5n6-c5ccc(-c6ccccc6)cc5)c([2H])c4[2H])c([2H])c3[2H])c2[2H])c([2H])c1[2H]. The highest BCUT2D eigenvalue weighted by molar-refractivity contribution is 6.10. The van der Waals surface area contributed by atoms with Crippen molar-refractivity contribution in [2.75, 3.05) is 4.90 Å². The number of benzene rings is 10. The fourth-order valence-corrected chi connectivity index (χ4v) is 7.72. The number of aromatic nitrogens is 1. The van der Waals surface area contributed by atoms with Crippen molar-refractivity contribution in [2.45, 2.75) is 0 Å². The number of hydrogen-bond acceptors (Lipinski definition) is 1. The van der Waals surface area contributed by atoms with Gasteiger partial charge in [-0.15, -0.1) is 0 Å². The molecule has 11 rings (SSSR count). The van der Waals surface area contributed by atoms with E-state index in [0.717, 1.165) is 54.6 Å². The first kappa shape index (κ1) is 23.0. The monoisotopic (exact) mass is 807 g/mol. The first-order valence-corrected chi connectivity index (χ1v) is 19.9. The molecular weight excluding hydrogens is 749 g/mol. The minimum Gasteiger partial charge on any atom is -0.311 e. The number of anilines is 3. The highest BCUT2D eigenvalue weighted by Gasteiger charge is 2.16. The van der Waals surface area contributed by atoms with Crippen LogP contribution in [0.1, 0.15) is 23.3 Å². The Morgan fingerprint density at radius 3 is 1.39 bits per heavy atom. The third-order valence-corrected chi connectivity index (χ3v) is 10.7. The number of rotatable bonds is 9. The Hall–Kier alpha value is -8.20. The van der Waals surface area contributed by atoms with E-state index in [1.54, 1.807) is 30.3 Å². The van der Waals surface area contributed by atoms with Crippen LogP contribution in [0.2, 0.25) is 0 Å². The normalized spacial score (nSPS) is 15.1. The fourth-order valence-electron chi connectivity index (χ4n) is 7.72. The summed E-state index contributed by atoms with van der Waals surface area (Å²) in [6, 6.07) is 34.6. The van der Waals surface area contributed by atoms with Crippen molar-refractivity contribution < 1.29 is 23.3 Å². The summed E-state index contributed by atoms with van der Waals surface area (Å²) in [6.07, 6.45) is 0. The summed E-state index contributed by atoms with van der Waals surface area (Å²) in [5.41, 5.74) is 3.18. The Kier molecular flexibility index (Phi) is 5.97. The molecule has 2 heteroatoms. The van der Waals surface area contributed by atoms with Gasteiger partial charge in [-0.1, -0.05) is 182 Å². The second kappa shape index (κ2) is 16.1. The average Bonchev–Trinajstić information content (AvgIpc) is 3.96. The van der Waals surface area contributed by atoms with E-state index >= 15 is 0 Å². The largest absolute Gasteiger partial charge is 0.311 e. The zero-order chi connectivity index (χ0) is 56.0. The molecule has 0 atom stereocenters. The summed E-state index contributed by atoms with van der Waals surface area (Å²) < 4.78 is 157. The summed E-state index contributed by atoms with van der Waals surface area (Å²) >= 11 is 0. The van der Waals surface area contributed by atoms with Crippen molar-refractivity contribution >= 4 is 38.9 Å². The maximum absolute atomic E-state index is 9.72. The Morgan fingerprint density at radius 2 is 0.774 bits per heavy atom. The van der Waals surface area contributed by atoms with Crippen LogP contribution in [-0.4, -0.2) is 4.57 Å². The topological polar surface area (TPSA) is 8.17 Å². The van der Waals surface area contributed by atoms with Crippen LogP contribution in [0.3, 0.4) is 0 Å². The highest BCUT2D eigenvalue weighted by atomic mass is 15.1. The fraction of sp³-hybridized carbons (Fsp3) is 0. The van der Waals surface area contributed by atoms with Gasteiger partial charge in [0.15, 0.2) is 0 Å². The van der Waals surface area contributed by atoms with Crippen molar-refractivity contribution in [1.29, 1.82) is 0 Å². The van der Waals surface area contributed by atoms with Gasteiger partial charge in [-0.05, 0) is 128 Å². The first-order chi connectivity index (χ1) is 37.8. The van der Waals surface area contributed by atoms with Gasteiger partial charge in [0.2, 0.25) is 0 Å². The quantitative estimate of drug-likeness (QED) is 0.141. The molecule has 0 radical (unpaired) electrons. The number of fused-ring (bicyclic) bond motifs is 3. The number of nitrogens with zero attached hydrogens (tertiary/aromatic N) is 2. The van der Waals surface area contributed by atoms with Crippen molar-refractivity contribution in [3.05, 3.63) is 254 Å². The van der Waals surface area contributed by atoms with Crippen LogP contribution in [0.15, 0.2) is 254 Å². The molecule has 11 aromatic rings. The number of para-hydroxylation sites is 1. The molecule has 1 heterocycles. The predicted octanol–water partition coefficient (Wildman–Crippen LogP) is 16.6. The lowest BCUT2D eigenvalue weighted by molar-refractivity contribution is 1.18. The molecule has 0 saturated heterocycles. The summed E-state index contributed by atoms with van der Waals surface area (Å²) in [4.78, 5) is 1.12. The lowest BCUT2D eigenvalue weighted by Gasteiger charge is -2.26. The Bertz CT molecular complexity index is 4230. The third kappa shape index (κ3) is 7.04. The number of hydrogen-bond donors (Lipinski definition) is 0. The summed E-state index contributed by atoms with van der Waals surface area (Å²) in [7, 11) is 0. The molecule has 0 aliphatic rings. The van der Waals surface area contributed by atoms with Gasteiger partial charge in [-0.2, -0.15) is 0 Å². The Morgan fingerprint density at radius 1 is 0.306 bits per heavy atom. The smallest absolute Gasteiger partial charge is 0.0645 e. The van der Waals surface area contributed by atoms with Gasteiger partial charge >= 0.3 is 0 Å². The zero-order valence-corrected chi connectivity index (χ0v) is 32.8. The van der Waals surface area contributed by atoms with Gasteiger partial charge in [0.25, 0.3) is 0 Å². The van der Waals surface area contributed by atoms with E-state index in [0.29, 0.717) is 5.56 Å². The van der Waals surface area contributed by atoms with Gasteiger partial charge in [-0.3, -0.25) is 0 Å². The minimum atomic E-state index is -0.878. The van der Waals surface area contributed by atoms with Crippen LogP contribution in [0.5, 0.6) is 0 Å². The van der Waals surface area contributed by atoms with E-state index in [2.05, 4.69) is 16.7 Å². The summed E-state index contributed by atoms with van der Waals surface area (Å²) in [5.74, 6) is 0. The van der Waals surface area contributed by atoms with Gasteiger partial charge < -0.3 is 9.47 Å². The molecule has 0 unspecified atom stereocenters. The van der Waals surface area contributed by atoms with Crippen molar-refractivity contribution in [3.63, 3.8) is 0 Å². The molecule has 0 amide bonds. The van der Waals surface area contributed by atoms with Crippen molar-refractivity contribution in [2.24, 2.45) is 0 Å². The van der Waals surface area contributed by atoms with E-state index in [4.69, 9.17) is 11.0 Å². The van der Waals surface area contributed by atoms with E-state index in [1.165, 1.54) is 0 Å². The first-order valence-electron chi connectivity index (χ1n) is 28.4. The van der Waals surface area contributed by atoms with E-state index in [9.17, 15) is 12.3 Å². The van der Waals surface area contributed by atoms with Crippen LogP contribution in [0.4, 0.5) is 17.1 Å². The third-order valence-electron chi connectivity index (χ3n) is 10.7. The van der Waals surface area contributed by atoms with Crippen LogP contribution in [0.25, 0.3) is 83.1 Å². The van der Waals surface area contributed by atoms with E-state index in [-0.39, 0.29) is 11.3 Å². The van der Waals surface area contributed by atoms with Crippen molar-refractivity contribution in [3.8, 4) is 61.3 Å². The van der Waals surface area contributed by atoms with Gasteiger partial charge in [0.05, 0.1) is 34.3 Å². The molecule has 0 bridgehead atoms. The average molecular weight is 808 g/mol. The van der Waals surface area contributed by atoms with Gasteiger partial charge in [-0.25, -0.2) is 0 Å². The molecule has 62 heavy (non-hydrogen) atoms. The molecule has 0 aliphatic carbocycles. The molecule has 1 aromatic heterocycles. The molecule has 0 saturated carbocycles. The van der Waals surface area contributed by atoms with E-state index < -0.39 is 136 Å². The van der Waals surface area contributed by atoms with Crippen LogP contribution >= 0.6 is 0 Å². The minimum absolute atomic E-state index is 0.0381. The Balaban J connectivity index is 1.10. The van der Waals surface area contributed by atoms with Gasteiger partial charge in [0, 0.05) is 33.5 Å². The standard InChI is InChI=1S/C60H42N2/c1-4-13-43(14-5-1)46-23-32-53(33-24-46)61(54-34-27-48(28-35-54)51-20-12-19-50(41-51)45-17-8-3-9-18-45)55-36-29-49(30-37-55)52-31-40-60-58(42-52)57-21-10-11-22-59(57)62(60)56-38-25-47(26-39-56)44-15-6-2-7-16-44/h1-42H/i3D,8D,9D,12D,17D,18D,19D,20D,27D,28D,29D,30D,34D,35D,36D,37D,41D. The highest BCUT2D eigenvalue weighted by Crippen LogP contribution is 2.40. The molecule has 2 nitrogen and oxygen atoms in total. The second-order valence-corrected chi connectivity index (χ2v) is 14.4. The lowest BCUT2D eigenvalue weighted by atomic mass is 9.98. The van der Waals surface area contributed by atoms with Crippen LogP contribution in [-0.2, 0) is 0 Å². The molecule has 0 N–H and O–H groups in total. The molecule has 0 fully saturated rings. The van der Waals surface area contributed by atoms with Gasteiger partial charge in [0.1, 0.15) is 0 Å². The lowest BCUT2D eigenvalue weighted by Crippen LogP contribution is -2.09. The summed E-state index contributed by atoms with van der Waals surface area (Å²) in [5, 5.41) is 1.66. The van der Waals surface area contributed by atoms with E-state index in [1.807, 2.05) is 109 Å². The zero-order valence-electron chi connectivity index (χ0n) is 49.8. The molecule has 10 aromatic carbocycles. The molecular formula is C60H42N2. The molecule has 0 spiro atoms. The summed E-state index contributed by atoms with van der Waals surface area (Å²) in [6.45, 7) is 0. The molecule has 292 valence electrons. The van der Waals surface area contributed by atoms with Crippen LogP contribution < -0.4 is 4.90 Å².